The van der Waals surface area contributed by atoms with Gasteiger partial charge in [-0.15, -0.1) is 0 Å². The number of nitrogens with zero attached hydrogens (tertiary/aromatic N) is 2. The lowest BCUT2D eigenvalue weighted by molar-refractivity contribution is 0.0692. The summed E-state index contributed by atoms with van der Waals surface area (Å²) in [5.74, 6) is -1.56. The maximum absolute atomic E-state index is 13.5. The molecule has 5 nitrogen and oxygen atoms in total. The van der Waals surface area contributed by atoms with Crippen molar-refractivity contribution in [3.05, 3.63) is 48.0 Å². The number of fused-ring (bicyclic) bond motifs is 1. The van der Waals surface area contributed by atoms with Crippen molar-refractivity contribution in [2.24, 2.45) is 0 Å². The van der Waals surface area contributed by atoms with E-state index in [1.165, 1.54) is 6.07 Å². The normalized spacial score (nSPS) is 10.8. The van der Waals surface area contributed by atoms with Gasteiger partial charge >= 0.3 is 5.97 Å². The average molecular weight is 257 g/mol. The molecule has 3 rings (SSSR count). The van der Waals surface area contributed by atoms with Crippen LogP contribution in [0.1, 0.15) is 10.4 Å². The quantitative estimate of drug-likeness (QED) is 0.739. The number of H-pyrrole nitrogens is 1. The van der Waals surface area contributed by atoms with Crippen LogP contribution in [0.4, 0.5) is 4.39 Å². The Morgan fingerprint density at radius 1 is 1.26 bits per heavy atom. The summed E-state index contributed by atoms with van der Waals surface area (Å²) in [6.07, 6.45) is 3.23. The van der Waals surface area contributed by atoms with Crippen LogP contribution in [0.15, 0.2) is 36.7 Å². The second kappa shape index (κ2) is 4.16. The zero-order valence-corrected chi connectivity index (χ0v) is 9.59. The summed E-state index contributed by atoms with van der Waals surface area (Å²) in [4.78, 5) is 22.0. The minimum absolute atomic E-state index is 0.389. The number of hydrogen-bond acceptors (Lipinski definition) is 3. The molecule has 19 heavy (non-hydrogen) atoms. The molecule has 2 aromatic heterocycles. The summed E-state index contributed by atoms with van der Waals surface area (Å²) in [5.41, 5.74) is 1.27. The molecule has 0 saturated carbocycles. The van der Waals surface area contributed by atoms with Crippen molar-refractivity contribution < 1.29 is 14.3 Å². The molecule has 0 amide bonds. The fourth-order valence-corrected chi connectivity index (χ4v) is 1.84. The molecule has 1 aromatic carbocycles. The van der Waals surface area contributed by atoms with Crippen LogP contribution in [-0.2, 0) is 0 Å². The summed E-state index contributed by atoms with van der Waals surface area (Å²) in [6, 6.07) is 5.86. The Balaban J connectivity index is 2.19. The first kappa shape index (κ1) is 11.3. The number of aromatic nitrogens is 3. The van der Waals surface area contributed by atoms with Crippen LogP contribution in [0.2, 0.25) is 0 Å². The minimum atomic E-state index is -1.31. The summed E-state index contributed by atoms with van der Waals surface area (Å²) >= 11 is 0. The van der Waals surface area contributed by atoms with Crippen LogP contribution in [0.5, 0.6) is 0 Å². The number of hydrogen-bond donors (Lipinski definition) is 2. The number of aromatic carboxylic acids is 1. The Labute approximate surface area is 106 Å². The maximum Gasteiger partial charge on any atom is 0.338 e. The third kappa shape index (κ3) is 1.93. The first-order chi connectivity index (χ1) is 9.15. The van der Waals surface area contributed by atoms with Crippen LogP contribution in [-0.4, -0.2) is 26.0 Å². The number of halogens is 1. The van der Waals surface area contributed by atoms with Gasteiger partial charge < -0.3 is 10.1 Å². The smallest absolute Gasteiger partial charge is 0.338 e. The third-order valence-corrected chi connectivity index (χ3v) is 2.75. The number of rotatable bonds is 2. The highest BCUT2D eigenvalue weighted by molar-refractivity contribution is 5.93. The van der Waals surface area contributed by atoms with Crippen LogP contribution in [0.3, 0.4) is 0 Å². The molecule has 0 fully saturated rings. The predicted molar refractivity (Wildman–Crippen MR) is 66.2 cm³/mol. The SMILES string of the molecule is O=C(O)c1cc2nc(-c3ccncc3)[nH]c2cc1F. The standard InChI is InChI=1S/C13H8FN3O2/c14-9-6-11-10(5-8(9)13(18)19)16-12(17-11)7-1-3-15-4-2-7/h1-6H,(H,16,17)(H,18,19). The van der Waals surface area contributed by atoms with Gasteiger partial charge in [0.1, 0.15) is 11.6 Å². The fraction of sp³-hybridized carbons (Fsp3) is 0. The summed E-state index contributed by atoms with van der Waals surface area (Å²) in [6.45, 7) is 0. The molecular formula is C13H8FN3O2. The van der Waals surface area contributed by atoms with E-state index < -0.39 is 11.8 Å². The average Bonchev–Trinajstić information content (AvgIpc) is 2.81. The van der Waals surface area contributed by atoms with Crippen LogP contribution in [0.25, 0.3) is 22.4 Å². The molecule has 2 N–H and O–H groups in total. The number of pyridine rings is 1. The Morgan fingerprint density at radius 3 is 2.68 bits per heavy atom. The van der Waals surface area contributed by atoms with E-state index in [1.807, 2.05) is 0 Å². The van der Waals surface area contributed by atoms with E-state index in [9.17, 15) is 9.18 Å². The Kier molecular flexibility index (Phi) is 2.49. The van der Waals surface area contributed by atoms with Gasteiger partial charge in [-0.3, -0.25) is 4.98 Å². The first-order valence-electron chi connectivity index (χ1n) is 5.48. The lowest BCUT2D eigenvalue weighted by atomic mass is 10.2. The molecule has 6 heteroatoms. The second-order valence-corrected chi connectivity index (χ2v) is 3.98. The largest absolute Gasteiger partial charge is 0.478 e. The van der Waals surface area contributed by atoms with Crippen molar-refractivity contribution >= 4 is 17.0 Å². The van der Waals surface area contributed by atoms with Gasteiger partial charge in [0.2, 0.25) is 0 Å². The van der Waals surface area contributed by atoms with E-state index in [1.54, 1.807) is 24.5 Å². The fourth-order valence-electron chi connectivity index (χ4n) is 1.84. The van der Waals surface area contributed by atoms with Gasteiger partial charge in [0.05, 0.1) is 16.6 Å². The Hall–Kier alpha value is -2.76. The van der Waals surface area contributed by atoms with Crippen LogP contribution >= 0.6 is 0 Å². The zero-order valence-electron chi connectivity index (χ0n) is 9.59. The van der Waals surface area contributed by atoms with Gasteiger partial charge in [-0.2, -0.15) is 0 Å². The molecule has 0 radical (unpaired) electrons. The number of carboxylic acids is 1. The zero-order chi connectivity index (χ0) is 13.4. The summed E-state index contributed by atoms with van der Waals surface area (Å²) in [5, 5.41) is 8.86. The Morgan fingerprint density at radius 2 is 2.00 bits per heavy atom. The minimum Gasteiger partial charge on any atom is -0.478 e. The first-order valence-corrected chi connectivity index (χ1v) is 5.48. The molecule has 94 valence electrons. The van der Waals surface area contributed by atoms with E-state index >= 15 is 0 Å². The molecule has 0 bridgehead atoms. The van der Waals surface area contributed by atoms with E-state index in [4.69, 9.17) is 5.11 Å². The van der Waals surface area contributed by atoms with E-state index in [0.717, 1.165) is 11.6 Å². The number of imidazole rings is 1. The van der Waals surface area contributed by atoms with Crippen LogP contribution in [0, 0.1) is 5.82 Å². The molecule has 0 atom stereocenters. The molecule has 0 aliphatic heterocycles. The molecule has 0 saturated heterocycles. The van der Waals surface area contributed by atoms with E-state index in [0.29, 0.717) is 16.9 Å². The summed E-state index contributed by atoms with van der Waals surface area (Å²) in [7, 11) is 0. The monoisotopic (exact) mass is 257 g/mol. The van der Waals surface area contributed by atoms with Gasteiger partial charge in [-0.25, -0.2) is 14.2 Å². The summed E-state index contributed by atoms with van der Waals surface area (Å²) < 4.78 is 13.5. The van der Waals surface area contributed by atoms with Gasteiger partial charge in [-0.1, -0.05) is 0 Å². The lowest BCUT2D eigenvalue weighted by Crippen LogP contribution is -1.99. The molecule has 0 unspecified atom stereocenters. The number of nitrogens with one attached hydrogen (secondary N) is 1. The third-order valence-electron chi connectivity index (χ3n) is 2.75. The lowest BCUT2D eigenvalue weighted by Gasteiger charge is -1.95. The molecule has 3 aromatic rings. The van der Waals surface area contributed by atoms with Gasteiger partial charge in [0, 0.05) is 24.0 Å². The molecule has 0 aliphatic rings. The van der Waals surface area contributed by atoms with Gasteiger partial charge in [0.25, 0.3) is 0 Å². The van der Waals surface area contributed by atoms with Crippen molar-refractivity contribution in [3.63, 3.8) is 0 Å². The van der Waals surface area contributed by atoms with Gasteiger partial charge in [0.15, 0.2) is 0 Å². The Bertz CT molecular complexity index is 768. The topological polar surface area (TPSA) is 78.9 Å². The highest BCUT2D eigenvalue weighted by Gasteiger charge is 2.14. The number of carbonyl (C=O) groups is 1. The second-order valence-electron chi connectivity index (χ2n) is 3.98. The van der Waals surface area contributed by atoms with Crippen molar-refractivity contribution in [2.75, 3.05) is 0 Å². The van der Waals surface area contributed by atoms with E-state index in [2.05, 4.69) is 15.0 Å². The van der Waals surface area contributed by atoms with Crippen molar-refractivity contribution in [2.45, 2.75) is 0 Å². The highest BCUT2D eigenvalue weighted by atomic mass is 19.1. The number of aromatic amines is 1. The predicted octanol–water partition coefficient (Wildman–Crippen LogP) is 2.46. The number of benzene rings is 1. The van der Waals surface area contributed by atoms with Crippen molar-refractivity contribution in [1.29, 1.82) is 0 Å². The van der Waals surface area contributed by atoms with E-state index in [-0.39, 0.29) is 5.56 Å². The van der Waals surface area contributed by atoms with Crippen LogP contribution < -0.4 is 0 Å². The molecule has 2 heterocycles. The molecular weight excluding hydrogens is 249 g/mol. The maximum atomic E-state index is 13.5. The molecule has 0 aliphatic carbocycles. The molecule has 0 spiro atoms. The number of carboxylic acid groups (broad SMARTS) is 1. The van der Waals surface area contributed by atoms with Crippen molar-refractivity contribution in [3.8, 4) is 11.4 Å². The highest BCUT2D eigenvalue weighted by Crippen LogP contribution is 2.22. The van der Waals surface area contributed by atoms with Gasteiger partial charge in [-0.05, 0) is 18.2 Å². The van der Waals surface area contributed by atoms with Crippen molar-refractivity contribution in [1.82, 2.24) is 15.0 Å².